The van der Waals surface area contributed by atoms with E-state index in [1.165, 1.54) is 37.0 Å². The van der Waals surface area contributed by atoms with Gasteiger partial charge < -0.3 is 4.74 Å². The molecule has 0 aromatic carbocycles. The van der Waals surface area contributed by atoms with Crippen molar-refractivity contribution >= 4 is 31.5 Å². The molecule has 0 bridgehead atoms. The number of thiophene rings is 1. The van der Waals surface area contributed by atoms with E-state index in [9.17, 15) is 4.79 Å². The minimum Gasteiger partial charge on any atom is -0.462 e. The van der Waals surface area contributed by atoms with Crippen molar-refractivity contribution in [2.75, 3.05) is 6.61 Å². The molecule has 2 saturated carbocycles. The van der Waals surface area contributed by atoms with Crippen molar-refractivity contribution in [1.82, 2.24) is 0 Å². The number of hydrogen-bond acceptors (Lipinski definition) is 3. The van der Waals surface area contributed by atoms with Crippen LogP contribution in [-0.2, 0) is 4.74 Å². The lowest BCUT2D eigenvalue weighted by Gasteiger charge is -2.56. The Labute approximate surface area is 189 Å². The van der Waals surface area contributed by atoms with Gasteiger partial charge in [-0.2, -0.15) is 0 Å². The fourth-order valence-electron chi connectivity index (χ4n) is 6.11. The number of allylic oxidation sites excluding steroid dienone is 1. The van der Waals surface area contributed by atoms with Crippen molar-refractivity contribution in [3.8, 4) is 0 Å². The number of ether oxygens (including phenoxy) is 1. The van der Waals surface area contributed by atoms with Gasteiger partial charge in [-0.3, -0.25) is 0 Å². The third-order valence-electron chi connectivity index (χ3n) is 7.98. The highest BCUT2D eigenvalue weighted by Crippen LogP contribution is 2.59. The molecule has 0 saturated heterocycles. The minimum absolute atomic E-state index is 0.191. The molecule has 0 N–H and O–H groups in total. The average molecular weight is 447 g/mol. The van der Waals surface area contributed by atoms with Crippen LogP contribution >= 0.6 is 11.3 Å². The lowest BCUT2D eigenvalue weighted by atomic mass is 9.50. The molecular weight excluding hydrogens is 404 g/mol. The van der Waals surface area contributed by atoms with Crippen LogP contribution in [0.4, 0.5) is 0 Å². The Hall–Kier alpha value is -0.873. The van der Waals surface area contributed by atoms with Crippen LogP contribution in [0.5, 0.6) is 0 Å². The highest BCUT2D eigenvalue weighted by atomic mass is 32.1. The smallest absolute Gasteiger partial charge is 0.348 e. The second kappa shape index (κ2) is 8.58. The number of carbonyl (C=O) groups is 1. The second-order valence-corrected chi connectivity index (χ2v) is 18.2. The summed E-state index contributed by atoms with van der Waals surface area (Å²) >= 11 is 1.58. The van der Waals surface area contributed by atoms with Crippen LogP contribution in [0.1, 0.15) is 81.3 Å². The van der Waals surface area contributed by atoms with Gasteiger partial charge in [-0.1, -0.05) is 52.5 Å². The maximum atomic E-state index is 12.1. The van der Waals surface area contributed by atoms with Crippen LogP contribution in [-0.4, -0.2) is 20.7 Å². The van der Waals surface area contributed by atoms with Gasteiger partial charge in [-0.15, -0.1) is 11.3 Å². The van der Waals surface area contributed by atoms with Gasteiger partial charge in [0, 0.05) is 4.88 Å². The minimum atomic E-state index is -1.48. The zero-order chi connectivity index (χ0) is 22.3. The van der Waals surface area contributed by atoms with Crippen molar-refractivity contribution < 1.29 is 9.53 Å². The van der Waals surface area contributed by atoms with Crippen LogP contribution < -0.4 is 0 Å². The van der Waals surface area contributed by atoms with Crippen molar-refractivity contribution in [2.45, 2.75) is 86.4 Å². The molecule has 0 spiro atoms. The number of rotatable bonds is 5. The largest absolute Gasteiger partial charge is 0.462 e. The Morgan fingerprint density at radius 1 is 1.10 bits per heavy atom. The molecule has 1 heterocycles. The average Bonchev–Trinajstić information content (AvgIpc) is 3.12. The van der Waals surface area contributed by atoms with Crippen LogP contribution in [0.2, 0.25) is 19.6 Å². The summed E-state index contributed by atoms with van der Waals surface area (Å²) in [7, 11) is -1.48. The summed E-state index contributed by atoms with van der Waals surface area (Å²) in [5.74, 6) is 2.18. The Morgan fingerprint density at radius 3 is 2.33 bits per heavy atom. The molecule has 1 aromatic heterocycles. The number of fused-ring (bicyclic) bond motifs is 1. The molecule has 0 aliphatic heterocycles. The Kier molecular flexibility index (Phi) is 6.80. The van der Waals surface area contributed by atoms with Gasteiger partial charge in [0.25, 0.3) is 0 Å². The molecule has 0 amide bonds. The quantitative estimate of drug-likeness (QED) is 0.337. The van der Waals surface area contributed by atoms with Gasteiger partial charge in [0.1, 0.15) is 4.88 Å². The van der Waals surface area contributed by atoms with E-state index < -0.39 is 8.07 Å². The van der Waals surface area contributed by atoms with Crippen molar-refractivity contribution in [1.29, 1.82) is 0 Å². The molecule has 2 fully saturated rings. The van der Waals surface area contributed by atoms with E-state index in [-0.39, 0.29) is 5.97 Å². The van der Waals surface area contributed by atoms with Crippen LogP contribution in [0.3, 0.4) is 0 Å². The summed E-state index contributed by atoms with van der Waals surface area (Å²) in [6.45, 7) is 19.8. The first-order valence-electron chi connectivity index (χ1n) is 11.8. The van der Waals surface area contributed by atoms with Gasteiger partial charge >= 0.3 is 5.97 Å². The predicted molar refractivity (Wildman–Crippen MR) is 133 cm³/mol. The highest BCUT2D eigenvalue weighted by Gasteiger charge is 2.50. The van der Waals surface area contributed by atoms with E-state index in [4.69, 9.17) is 4.74 Å². The summed E-state index contributed by atoms with van der Waals surface area (Å²) in [6, 6.07) is 4.04. The SMILES string of the molecule is CCOC(=O)c1ccc(C=C(C2CCC3C(C2)C(C)(C)CCC3(C)C)[Si](C)(C)C)s1. The topological polar surface area (TPSA) is 26.3 Å². The molecule has 2 nitrogen and oxygen atoms in total. The molecule has 4 heteroatoms. The second-order valence-electron chi connectivity index (χ2n) is 12.0. The molecule has 3 atom stereocenters. The summed E-state index contributed by atoms with van der Waals surface area (Å²) in [5, 5.41) is 1.69. The van der Waals surface area contributed by atoms with E-state index in [0.717, 1.165) is 16.7 Å². The van der Waals surface area contributed by atoms with Gasteiger partial charge in [0.15, 0.2) is 0 Å². The van der Waals surface area contributed by atoms with E-state index in [1.54, 1.807) is 16.5 Å². The standard InChI is InChI=1S/C26H42O2SSi/c1-9-28-24(27)22-13-11-19(29-22)17-23(30(6,7)8)18-10-12-20-21(16-18)26(4,5)15-14-25(20,2)3/h11,13,17-18,20-21H,9-10,12,14-16H2,1-8H3. The molecule has 2 aliphatic rings. The molecule has 168 valence electrons. The monoisotopic (exact) mass is 446 g/mol. The maximum absolute atomic E-state index is 12.1. The van der Waals surface area contributed by atoms with Crippen molar-refractivity contribution in [2.24, 2.45) is 28.6 Å². The van der Waals surface area contributed by atoms with E-state index in [2.05, 4.69) is 59.5 Å². The molecular formula is C26H42O2SSi. The third kappa shape index (κ3) is 4.96. The first-order valence-corrected chi connectivity index (χ1v) is 16.2. The summed E-state index contributed by atoms with van der Waals surface area (Å²) in [5.41, 5.74) is 0.930. The van der Waals surface area contributed by atoms with Gasteiger partial charge in [-0.25, -0.2) is 4.79 Å². The lowest BCUT2D eigenvalue weighted by Crippen LogP contribution is -2.48. The lowest BCUT2D eigenvalue weighted by molar-refractivity contribution is -0.0538. The molecule has 2 aliphatic carbocycles. The van der Waals surface area contributed by atoms with Gasteiger partial charge in [0.05, 0.1) is 14.7 Å². The molecule has 3 rings (SSSR count). The van der Waals surface area contributed by atoms with E-state index in [0.29, 0.717) is 23.4 Å². The third-order valence-corrected chi connectivity index (χ3v) is 11.3. The fraction of sp³-hybridized carbons (Fsp3) is 0.731. The fourth-order valence-corrected chi connectivity index (χ4v) is 9.14. The van der Waals surface area contributed by atoms with Crippen molar-refractivity contribution in [3.63, 3.8) is 0 Å². The summed E-state index contributed by atoms with van der Waals surface area (Å²) in [6.07, 6.45) is 9.21. The zero-order valence-electron chi connectivity index (χ0n) is 20.4. The van der Waals surface area contributed by atoms with Gasteiger partial charge in [-0.05, 0) is 85.8 Å². The van der Waals surface area contributed by atoms with Crippen LogP contribution in [0, 0.1) is 28.6 Å². The first-order chi connectivity index (χ1) is 13.8. The summed E-state index contributed by atoms with van der Waals surface area (Å²) < 4.78 is 5.19. The highest BCUT2D eigenvalue weighted by molar-refractivity contribution is 7.14. The number of carbonyl (C=O) groups excluding carboxylic acids is 1. The molecule has 0 radical (unpaired) electrons. The molecule has 1 aromatic rings. The summed E-state index contributed by atoms with van der Waals surface area (Å²) in [4.78, 5) is 14.0. The Bertz CT molecular complexity index is 796. The first kappa shape index (κ1) is 23.8. The van der Waals surface area contributed by atoms with E-state index in [1.807, 2.05) is 13.0 Å². The Balaban J connectivity index is 1.88. The normalized spacial score (nSPS) is 28.7. The van der Waals surface area contributed by atoms with Crippen LogP contribution in [0.25, 0.3) is 6.08 Å². The Morgan fingerprint density at radius 2 is 1.73 bits per heavy atom. The van der Waals surface area contributed by atoms with E-state index >= 15 is 0 Å². The zero-order valence-corrected chi connectivity index (χ0v) is 22.2. The number of esters is 1. The predicted octanol–water partition coefficient (Wildman–Crippen LogP) is 8.06. The van der Waals surface area contributed by atoms with Gasteiger partial charge in [0.2, 0.25) is 0 Å². The maximum Gasteiger partial charge on any atom is 0.348 e. The molecule has 30 heavy (non-hydrogen) atoms. The number of hydrogen-bond donors (Lipinski definition) is 0. The van der Waals surface area contributed by atoms with Crippen LogP contribution in [0.15, 0.2) is 17.3 Å². The van der Waals surface area contributed by atoms with Crippen molar-refractivity contribution in [3.05, 3.63) is 27.1 Å². The molecule has 3 unspecified atom stereocenters.